The highest BCUT2D eigenvalue weighted by molar-refractivity contribution is 7.98. The lowest BCUT2D eigenvalue weighted by Crippen LogP contribution is -2.05. The van der Waals surface area contributed by atoms with Crippen LogP contribution >= 0.6 is 11.8 Å². The summed E-state index contributed by atoms with van der Waals surface area (Å²) in [4.78, 5) is 22.3. The lowest BCUT2D eigenvalue weighted by Gasteiger charge is -2.08. The second kappa shape index (κ2) is 8.71. The maximum Gasteiger partial charge on any atom is 0.335 e. The van der Waals surface area contributed by atoms with Crippen molar-refractivity contribution in [1.29, 1.82) is 0 Å². The summed E-state index contributed by atoms with van der Waals surface area (Å²) < 4.78 is 2.01. The first-order valence-electron chi connectivity index (χ1n) is 8.74. The number of hydrogen-bond donors (Lipinski definition) is 2. The van der Waals surface area contributed by atoms with E-state index in [0.29, 0.717) is 12.3 Å². The summed E-state index contributed by atoms with van der Waals surface area (Å²) in [5, 5.41) is 21.2. The van der Waals surface area contributed by atoms with Gasteiger partial charge >= 0.3 is 5.97 Å². The van der Waals surface area contributed by atoms with Gasteiger partial charge in [-0.1, -0.05) is 23.9 Å². The van der Waals surface area contributed by atoms with E-state index in [1.165, 1.54) is 18.7 Å². The van der Waals surface area contributed by atoms with Crippen LogP contribution in [0.1, 0.15) is 29.8 Å². The van der Waals surface area contributed by atoms with Gasteiger partial charge < -0.3 is 15.0 Å². The van der Waals surface area contributed by atoms with Crippen LogP contribution in [0.25, 0.3) is 11.4 Å². The first kappa shape index (κ1) is 19.6. The van der Waals surface area contributed by atoms with Gasteiger partial charge in [0.1, 0.15) is 0 Å². The molecule has 2 aromatic carbocycles. The van der Waals surface area contributed by atoms with E-state index in [2.05, 4.69) is 15.5 Å². The van der Waals surface area contributed by atoms with Crippen molar-refractivity contribution in [2.24, 2.45) is 0 Å². The molecule has 0 saturated heterocycles. The molecule has 0 saturated carbocycles. The molecule has 1 heterocycles. The minimum atomic E-state index is -0.937. The minimum Gasteiger partial charge on any atom is -0.478 e. The van der Waals surface area contributed by atoms with E-state index in [1.54, 1.807) is 18.2 Å². The smallest absolute Gasteiger partial charge is 0.335 e. The molecule has 2 N–H and O–H groups in total. The quantitative estimate of drug-likeness (QED) is 0.588. The third-order valence-corrected chi connectivity index (χ3v) is 5.08. The Hall–Kier alpha value is -3.13. The van der Waals surface area contributed by atoms with Gasteiger partial charge in [-0.2, -0.15) is 0 Å². The summed E-state index contributed by atoms with van der Waals surface area (Å²) in [6, 6.07) is 14.3. The third kappa shape index (κ3) is 4.58. The fraction of sp³-hybridized carbons (Fsp3) is 0.200. The Morgan fingerprint density at radius 1 is 1.14 bits per heavy atom. The first-order valence-corrected chi connectivity index (χ1v) is 9.72. The van der Waals surface area contributed by atoms with Gasteiger partial charge in [0.05, 0.1) is 5.56 Å². The highest BCUT2D eigenvalue weighted by atomic mass is 32.2. The third-order valence-electron chi connectivity index (χ3n) is 4.04. The van der Waals surface area contributed by atoms with Gasteiger partial charge in [-0.15, -0.1) is 10.2 Å². The Morgan fingerprint density at radius 3 is 2.54 bits per heavy atom. The maximum absolute atomic E-state index is 11.1. The molecule has 0 radical (unpaired) electrons. The van der Waals surface area contributed by atoms with Gasteiger partial charge in [-0.25, -0.2) is 4.79 Å². The molecule has 0 spiro atoms. The number of carboxylic acid groups (broad SMARTS) is 1. The lowest BCUT2D eigenvalue weighted by molar-refractivity contribution is -0.114. The maximum atomic E-state index is 11.1. The second-order valence-corrected chi connectivity index (χ2v) is 7.05. The molecule has 28 heavy (non-hydrogen) atoms. The number of aromatic carboxylic acids is 1. The predicted octanol–water partition coefficient (Wildman–Crippen LogP) is 3.91. The molecule has 0 fully saturated rings. The molecule has 1 aromatic heterocycles. The number of nitrogens with one attached hydrogen (secondary N) is 1. The number of carboxylic acids is 1. The van der Waals surface area contributed by atoms with Crippen LogP contribution in [-0.4, -0.2) is 31.7 Å². The number of thioether (sulfide) groups is 1. The Morgan fingerprint density at radius 2 is 1.89 bits per heavy atom. The number of amides is 1. The van der Waals surface area contributed by atoms with Crippen molar-refractivity contribution < 1.29 is 14.7 Å². The zero-order valence-corrected chi connectivity index (χ0v) is 16.4. The first-order chi connectivity index (χ1) is 13.5. The van der Waals surface area contributed by atoms with Gasteiger partial charge in [-0.3, -0.25) is 4.79 Å². The van der Waals surface area contributed by atoms with Crippen molar-refractivity contribution >= 4 is 29.3 Å². The van der Waals surface area contributed by atoms with Crippen molar-refractivity contribution in [1.82, 2.24) is 14.8 Å². The molecule has 7 nitrogen and oxygen atoms in total. The zero-order valence-electron chi connectivity index (χ0n) is 15.5. The fourth-order valence-corrected chi connectivity index (χ4v) is 3.69. The van der Waals surface area contributed by atoms with Gasteiger partial charge in [0.2, 0.25) is 5.91 Å². The predicted molar refractivity (Wildman–Crippen MR) is 108 cm³/mol. The molecule has 3 rings (SSSR count). The standard InChI is InChI=1S/C20H20N4O3S/c1-3-24-18(15-7-9-17(10-8-15)21-13(2)25)22-23-20(24)28-12-14-5-4-6-16(11-14)19(26)27/h4-11H,3,12H2,1-2H3,(H,21,25)(H,26,27). The molecule has 1 amide bonds. The van der Waals surface area contributed by atoms with E-state index in [-0.39, 0.29) is 11.5 Å². The Labute approximate surface area is 166 Å². The van der Waals surface area contributed by atoms with Crippen LogP contribution in [0.4, 0.5) is 5.69 Å². The van der Waals surface area contributed by atoms with Crippen molar-refractivity contribution in [3.8, 4) is 11.4 Å². The minimum absolute atomic E-state index is 0.116. The van der Waals surface area contributed by atoms with E-state index in [1.807, 2.05) is 41.8 Å². The van der Waals surface area contributed by atoms with Crippen LogP contribution in [0.5, 0.6) is 0 Å². The van der Waals surface area contributed by atoms with Gasteiger partial charge in [-0.05, 0) is 48.9 Å². The highest BCUT2D eigenvalue weighted by Gasteiger charge is 2.14. The number of carbonyl (C=O) groups excluding carboxylic acids is 1. The van der Waals surface area contributed by atoms with Crippen molar-refractivity contribution in [2.75, 3.05) is 5.32 Å². The Kier molecular flexibility index (Phi) is 6.10. The average Bonchev–Trinajstić information content (AvgIpc) is 3.09. The Balaban J connectivity index is 1.77. The van der Waals surface area contributed by atoms with Gasteiger partial charge in [0.15, 0.2) is 11.0 Å². The van der Waals surface area contributed by atoms with Crippen molar-refractivity contribution in [2.45, 2.75) is 31.3 Å². The molecule has 0 unspecified atom stereocenters. The summed E-state index contributed by atoms with van der Waals surface area (Å²) >= 11 is 1.51. The molecule has 8 heteroatoms. The summed E-state index contributed by atoms with van der Waals surface area (Å²) in [5.74, 6) is 0.295. The van der Waals surface area contributed by atoms with Crippen molar-refractivity contribution in [3.63, 3.8) is 0 Å². The molecule has 0 aliphatic heterocycles. The molecule has 0 atom stereocenters. The van der Waals surface area contributed by atoms with E-state index in [9.17, 15) is 9.59 Å². The number of rotatable bonds is 7. The van der Waals surface area contributed by atoms with Crippen LogP contribution in [-0.2, 0) is 17.1 Å². The number of carbonyl (C=O) groups is 2. The molecule has 3 aromatic rings. The van der Waals surface area contributed by atoms with E-state index >= 15 is 0 Å². The summed E-state index contributed by atoms with van der Waals surface area (Å²) in [6.07, 6.45) is 0. The topological polar surface area (TPSA) is 97.1 Å². The van der Waals surface area contributed by atoms with E-state index < -0.39 is 5.97 Å². The van der Waals surface area contributed by atoms with Crippen LogP contribution < -0.4 is 5.32 Å². The van der Waals surface area contributed by atoms with Crippen LogP contribution in [0, 0.1) is 0 Å². The number of nitrogens with zero attached hydrogens (tertiary/aromatic N) is 3. The summed E-state index contributed by atoms with van der Waals surface area (Å²) in [5.41, 5.74) is 2.82. The molecular weight excluding hydrogens is 376 g/mol. The molecule has 0 aliphatic carbocycles. The second-order valence-electron chi connectivity index (χ2n) is 6.10. The fourth-order valence-electron chi connectivity index (χ4n) is 2.74. The van der Waals surface area contributed by atoms with Crippen LogP contribution in [0.2, 0.25) is 0 Å². The molecule has 0 bridgehead atoms. The molecule has 144 valence electrons. The van der Waals surface area contributed by atoms with Crippen molar-refractivity contribution in [3.05, 3.63) is 59.7 Å². The van der Waals surface area contributed by atoms with Crippen LogP contribution in [0.3, 0.4) is 0 Å². The largest absolute Gasteiger partial charge is 0.478 e. The SMILES string of the molecule is CCn1c(SCc2cccc(C(=O)O)c2)nnc1-c1ccc(NC(C)=O)cc1. The average molecular weight is 396 g/mol. The van der Waals surface area contributed by atoms with Crippen LogP contribution in [0.15, 0.2) is 53.7 Å². The van der Waals surface area contributed by atoms with E-state index in [0.717, 1.165) is 27.8 Å². The normalized spacial score (nSPS) is 10.6. The monoisotopic (exact) mass is 396 g/mol. The zero-order chi connectivity index (χ0) is 20.1. The summed E-state index contributed by atoms with van der Waals surface area (Å²) in [7, 11) is 0. The van der Waals surface area contributed by atoms with Gasteiger partial charge in [0, 0.05) is 30.5 Å². The van der Waals surface area contributed by atoms with E-state index in [4.69, 9.17) is 5.11 Å². The van der Waals surface area contributed by atoms with Gasteiger partial charge in [0.25, 0.3) is 0 Å². The summed E-state index contributed by atoms with van der Waals surface area (Å²) in [6.45, 7) is 4.19. The number of anilines is 1. The molecular formula is C20H20N4O3S. The lowest BCUT2D eigenvalue weighted by atomic mass is 10.1. The number of aromatic nitrogens is 3. The Bertz CT molecular complexity index is 999. The molecule has 0 aliphatic rings. The number of hydrogen-bond acceptors (Lipinski definition) is 5. The highest BCUT2D eigenvalue weighted by Crippen LogP contribution is 2.27. The number of benzene rings is 2.